The quantitative estimate of drug-likeness (QED) is 0.815. The van der Waals surface area contributed by atoms with Gasteiger partial charge in [-0.25, -0.2) is 4.98 Å². The normalized spacial score (nSPS) is 17.5. The summed E-state index contributed by atoms with van der Waals surface area (Å²) in [6, 6.07) is 3.97. The minimum absolute atomic E-state index is 0.560. The largest absolute Gasteiger partial charge is 0.459 e. The van der Waals surface area contributed by atoms with Gasteiger partial charge in [0.25, 0.3) is 0 Å². The summed E-state index contributed by atoms with van der Waals surface area (Å²) in [5.74, 6) is 2.37. The second-order valence-corrected chi connectivity index (χ2v) is 5.23. The SMILES string of the molecule is Cc1ccc(-c2nc(C3CCOCC3)cs2)o1. The smallest absolute Gasteiger partial charge is 0.162 e. The molecule has 4 heteroatoms. The molecule has 0 aromatic carbocycles. The monoisotopic (exact) mass is 249 g/mol. The Morgan fingerprint density at radius 2 is 2.12 bits per heavy atom. The standard InChI is InChI=1S/C13H15NO2S/c1-9-2-3-12(16-9)13-14-11(8-17-13)10-4-6-15-7-5-10/h2-3,8,10H,4-7H2,1H3. The highest BCUT2D eigenvalue weighted by Crippen LogP contribution is 2.32. The number of aryl methyl sites for hydroxylation is 1. The van der Waals surface area contributed by atoms with Crippen molar-refractivity contribution in [3.8, 4) is 10.8 Å². The van der Waals surface area contributed by atoms with E-state index >= 15 is 0 Å². The lowest BCUT2D eigenvalue weighted by Crippen LogP contribution is -2.14. The zero-order valence-corrected chi connectivity index (χ0v) is 10.6. The Balaban J connectivity index is 1.82. The Bertz CT molecular complexity index is 497. The predicted molar refractivity (Wildman–Crippen MR) is 67.3 cm³/mol. The van der Waals surface area contributed by atoms with Crippen LogP contribution in [0, 0.1) is 6.92 Å². The van der Waals surface area contributed by atoms with E-state index in [1.807, 2.05) is 19.1 Å². The van der Waals surface area contributed by atoms with E-state index in [2.05, 4.69) is 10.4 Å². The van der Waals surface area contributed by atoms with Crippen LogP contribution in [-0.4, -0.2) is 18.2 Å². The van der Waals surface area contributed by atoms with Crippen LogP contribution in [0.15, 0.2) is 21.9 Å². The number of ether oxygens (including phenoxy) is 1. The lowest BCUT2D eigenvalue weighted by atomic mass is 9.98. The summed E-state index contributed by atoms with van der Waals surface area (Å²) in [7, 11) is 0. The fourth-order valence-electron chi connectivity index (χ4n) is 2.13. The van der Waals surface area contributed by atoms with Crippen molar-refractivity contribution in [2.24, 2.45) is 0 Å². The average Bonchev–Trinajstić information content (AvgIpc) is 2.98. The molecule has 17 heavy (non-hydrogen) atoms. The van der Waals surface area contributed by atoms with E-state index in [1.165, 1.54) is 5.69 Å². The van der Waals surface area contributed by atoms with Crippen LogP contribution in [0.2, 0.25) is 0 Å². The predicted octanol–water partition coefficient (Wildman–Crippen LogP) is 3.61. The summed E-state index contributed by atoms with van der Waals surface area (Å²) in [5, 5.41) is 3.14. The first kappa shape index (κ1) is 11.0. The number of thiazole rings is 1. The first-order valence-electron chi connectivity index (χ1n) is 5.93. The second-order valence-electron chi connectivity index (χ2n) is 4.37. The van der Waals surface area contributed by atoms with Crippen LogP contribution in [0.1, 0.15) is 30.2 Å². The summed E-state index contributed by atoms with van der Waals surface area (Å²) < 4.78 is 11.0. The van der Waals surface area contributed by atoms with E-state index < -0.39 is 0 Å². The summed E-state index contributed by atoms with van der Waals surface area (Å²) >= 11 is 1.66. The van der Waals surface area contributed by atoms with Gasteiger partial charge in [0.05, 0.1) is 5.69 Å². The molecule has 1 fully saturated rings. The lowest BCUT2D eigenvalue weighted by Gasteiger charge is -2.19. The van der Waals surface area contributed by atoms with Crippen molar-refractivity contribution in [3.05, 3.63) is 29.0 Å². The highest BCUT2D eigenvalue weighted by molar-refractivity contribution is 7.13. The van der Waals surface area contributed by atoms with Gasteiger partial charge in [-0.1, -0.05) is 0 Å². The van der Waals surface area contributed by atoms with E-state index in [1.54, 1.807) is 11.3 Å². The molecule has 1 aliphatic heterocycles. The Labute approximate surface area is 104 Å². The van der Waals surface area contributed by atoms with Crippen LogP contribution < -0.4 is 0 Å². The molecular formula is C13H15NO2S. The molecule has 3 rings (SSSR count). The van der Waals surface area contributed by atoms with E-state index in [4.69, 9.17) is 9.15 Å². The molecule has 1 aliphatic rings. The third kappa shape index (κ3) is 2.28. The minimum Gasteiger partial charge on any atom is -0.459 e. The summed E-state index contributed by atoms with van der Waals surface area (Å²) in [6.45, 7) is 3.67. The number of hydrogen-bond acceptors (Lipinski definition) is 4. The molecule has 0 N–H and O–H groups in total. The van der Waals surface area contributed by atoms with Gasteiger partial charge in [-0.15, -0.1) is 11.3 Å². The van der Waals surface area contributed by atoms with E-state index in [9.17, 15) is 0 Å². The van der Waals surface area contributed by atoms with Gasteiger partial charge < -0.3 is 9.15 Å². The molecule has 0 amide bonds. The molecule has 3 heterocycles. The number of hydrogen-bond donors (Lipinski definition) is 0. The van der Waals surface area contributed by atoms with Crippen molar-refractivity contribution in [2.75, 3.05) is 13.2 Å². The molecule has 0 saturated carbocycles. The minimum atomic E-state index is 0.560. The third-order valence-corrected chi connectivity index (χ3v) is 3.99. The zero-order chi connectivity index (χ0) is 11.7. The van der Waals surface area contributed by atoms with Crippen LogP contribution in [0.25, 0.3) is 10.8 Å². The van der Waals surface area contributed by atoms with Crippen molar-refractivity contribution >= 4 is 11.3 Å². The van der Waals surface area contributed by atoms with Gasteiger partial charge in [-0.3, -0.25) is 0 Å². The molecule has 0 aliphatic carbocycles. The van der Waals surface area contributed by atoms with Crippen LogP contribution >= 0.6 is 11.3 Å². The van der Waals surface area contributed by atoms with Crippen molar-refractivity contribution in [2.45, 2.75) is 25.7 Å². The Kier molecular flexibility index (Phi) is 2.99. The van der Waals surface area contributed by atoms with E-state index in [-0.39, 0.29) is 0 Å². The molecule has 3 nitrogen and oxygen atoms in total. The first-order chi connectivity index (χ1) is 8.33. The van der Waals surface area contributed by atoms with Crippen LogP contribution in [-0.2, 0) is 4.74 Å². The average molecular weight is 249 g/mol. The van der Waals surface area contributed by atoms with Gasteiger partial charge in [0, 0.05) is 24.5 Å². The number of nitrogens with zero attached hydrogens (tertiary/aromatic N) is 1. The van der Waals surface area contributed by atoms with Crippen molar-refractivity contribution in [1.29, 1.82) is 0 Å². The highest BCUT2D eigenvalue weighted by atomic mass is 32.1. The maximum atomic E-state index is 5.59. The van der Waals surface area contributed by atoms with Gasteiger partial charge in [0.1, 0.15) is 5.76 Å². The Morgan fingerprint density at radius 3 is 2.82 bits per heavy atom. The second kappa shape index (κ2) is 4.63. The van der Waals surface area contributed by atoms with Gasteiger partial charge in [0.2, 0.25) is 0 Å². The molecule has 2 aromatic heterocycles. The van der Waals surface area contributed by atoms with Gasteiger partial charge in [-0.05, 0) is 31.9 Å². The summed E-state index contributed by atoms with van der Waals surface area (Å²) in [4.78, 5) is 4.69. The van der Waals surface area contributed by atoms with Crippen molar-refractivity contribution in [3.63, 3.8) is 0 Å². The van der Waals surface area contributed by atoms with Gasteiger partial charge >= 0.3 is 0 Å². The maximum absolute atomic E-state index is 5.59. The molecule has 2 aromatic rings. The molecule has 0 atom stereocenters. The summed E-state index contributed by atoms with van der Waals surface area (Å²) in [5.41, 5.74) is 1.20. The molecule has 0 spiro atoms. The van der Waals surface area contributed by atoms with Crippen molar-refractivity contribution < 1.29 is 9.15 Å². The fourth-order valence-corrected chi connectivity index (χ4v) is 2.99. The van der Waals surface area contributed by atoms with Crippen molar-refractivity contribution in [1.82, 2.24) is 4.98 Å². The van der Waals surface area contributed by atoms with Crippen LogP contribution in [0.5, 0.6) is 0 Å². The fraction of sp³-hybridized carbons (Fsp3) is 0.462. The first-order valence-corrected chi connectivity index (χ1v) is 6.81. The Morgan fingerprint density at radius 1 is 1.29 bits per heavy atom. The molecule has 0 bridgehead atoms. The zero-order valence-electron chi connectivity index (χ0n) is 9.81. The topological polar surface area (TPSA) is 35.3 Å². The van der Waals surface area contributed by atoms with Gasteiger partial charge in [0.15, 0.2) is 10.8 Å². The summed E-state index contributed by atoms with van der Waals surface area (Å²) in [6.07, 6.45) is 2.17. The molecule has 0 unspecified atom stereocenters. The highest BCUT2D eigenvalue weighted by Gasteiger charge is 2.19. The molecule has 1 saturated heterocycles. The third-order valence-electron chi connectivity index (χ3n) is 3.11. The lowest BCUT2D eigenvalue weighted by molar-refractivity contribution is 0.0846. The molecule has 90 valence electrons. The Hall–Kier alpha value is -1.13. The number of rotatable bonds is 2. The van der Waals surface area contributed by atoms with Gasteiger partial charge in [-0.2, -0.15) is 0 Å². The van der Waals surface area contributed by atoms with Crippen LogP contribution in [0.3, 0.4) is 0 Å². The van der Waals surface area contributed by atoms with E-state index in [0.717, 1.165) is 42.6 Å². The number of furan rings is 1. The molecule has 0 radical (unpaired) electrons. The number of aromatic nitrogens is 1. The maximum Gasteiger partial charge on any atom is 0.162 e. The van der Waals surface area contributed by atoms with Crippen LogP contribution in [0.4, 0.5) is 0 Å². The van der Waals surface area contributed by atoms with E-state index in [0.29, 0.717) is 5.92 Å². The molecular weight excluding hydrogens is 234 g/mol.